The van der Waals surface area contributed by atoms with Crippen molar-refractivity contribution in [2.24, 2.45) is 0 Å². The Morgan fingerprint density at radius 1 is 1.15 bits per heavy atom. The molecule has 6 nitrogen and oxygen atoms in total. The summed E-state index contributed by atoms with van der Waals surface area (Å²) in [6, 6.07) is 18.7. The van der Waals surface area contributed by atoms with Crippen LogP contribution < -0.4 is 0 Å². The first-order valence-corrected chi connectivity index (χ1v) is 8.47. The Kier molecular flexibility index (Phi) is 5.16. The van der Waals surface area contributed by atoms with E-state index in [1.807, 2.05) is 6.07 Å². The average molecular weight is 420 g/mol. The van der Waals surface area contributed by atoms with Gasteiger partial charge in [-0.1, -0.05) is 12.1 Å². The van der Waals surface area contributed by atoms with Crippen molar-refractivity contribution in [3.63, 3.8) is 0 Å². The van der Waals surface area contributed by atoms with Crippen LogP contribution in [-0.4, -0.2) is 4.92 Å². The Balaban J connectivity index is 1.95. The normalized spacial score (nSPS) is 10.9. The Morgan fingerprint density at radius 3 is 2.63 bits per heavy atom. The molecule has 3 aromatic rings. The number of nitriles is 2. The third-order valence-corrected chi connectivity index (χ3v) is 4.42. The number of nitrogens with zero attached hydrogens (tertiary/aromatic N) is 3. The lowest BCUT2D eigenvalue weighted by Crippen LogP contribution is -1.88. The van der Waals surface area contributed by atoms with Crippen molar-refractivity contribution >= 4 is 33.3 Å². The maximum absolute atomic E-state index is 10.8. The topological polar surface area (TPSA) is 104 Å². The zero-order valence-electron chi connectivity index (χ0n) is 13.7. The molecule has 0 saturated carbocycles. The molecule has 1 aromatic heterocycles. The molecule has 130 valence electrons. The summed E-state index contributed by atoms with van der Waals surface area (Å²) in [6.07, 6.45) is 1.58. The van der Waals surface area contributed by atoms with E-state index in [-0.39, 0.29) is 5.69 Å². The van der Waals surface area contributed by atoms with Gasteiger partial charge in [-0.15, -0.1) is 0 Å². The molecule has 27 heavy (non-hydrogen) atoms. The number of hydrogen-bond acceptors (Lipinski definition) is 5. The highest BCUT2D eigenvalue weighted by molar-refractivity contribution is 9.10. The van der Waals surface area contributed by atoms with Gasteiger partial charge in [-0.3, -0.25) is 10.1 Å². The lowest BCUT2D eigenvalue weighted by molar-refractivity contribution is -0.384. The second-order valence-corrected chi connectivity index (χ2v) is 6.34. The molecule has 1 heterocycles. The van der Waals surface area contributed by atoms with Gasteiger partial charge >= 0.3 is 0 Å². The van der Waals surface area contributed by atoms with E-state index in [0.29, 0.717) is 38.3 Å². The fourth-order valence-corrected chi connectivity index (χ4v) is 3.03. The molecule has 0 N–H and O–H groups in total. The van der Waals surface area contributed by atoms with E-state index in [9.17, 15) is 15.4 Å². The number of benzene rings is 2. The number of rotatable bonds is 4. The van der Waals surface area contributed by atoms with Gasteiger partial charge in [0.2, 0.25) is 0 Å². The average Bonchev–Trinajstić information content (AvgIpc) is 3.14. The highest BCUT2D eigenvalue weighted by atomic mass is 79.9. The van der Waals surface area contributed by atoms with Crippen LogP contribution >= 0.6 is 15.9 Å². The van der Waals surface area contributed by atoms with Crippen LogP contribution in [0, 0.1) is 32.8 Å². The highest BCUT2D eigenvalue weighted by Gasteiger charge is 2.13. The molecule has 2 aromatic carbocycles. The second kappa shape index (κ2) is 7.69. The molecule has 0 aliphatic carbocycles. The van der Waals surface area contributed by atoms with Crippen molar-refractivity contribution in [1.82, 2.24) is 0 Å². The molecule has 7 heteroatoms. The zero-order chi connectivity index (χ0) is 19.4. The molecule has 0 spiro atoms. The Morgan fingerprint density at radius 2 is 1.96 bits per heavy atom. The first kappa shape index (κ1) is 18.1. The molecule has 0 saturated heterocycles. The number of non-ortho nitro benzene ring substituents is 1. The zero-order valence-corrected chi connectivity index (χ0v) is 15.3. The van der Waals surface area contributed by atoms with Crippen LogP contribution in [0.15, 0.2) is 63.5 Å². The van der Waals surface area contributed by atoms with Crippen LogP contribution in [0.5, 0.6) is 0 Å². The van der Waals surface area contributed by atoms with E-state index in [2.05, 4.69) is 22.0 Å². The lowest BCUT2D eigenvalue weighted by atomic mass is 10.0. The lowest BCUT2D eigenvalue weighted by Gasteiger charge is -2.01. The van der Waals surface area contributed by atoms with Crippen LogP contribution in [0.3, 0.4) is 0 Å². The standard InChI is InChI=1S/C20H10BrN3O3/c21-19-10-16(24(25)26)4-6-18(19)20-7-5-17(27-20)9-15(12-23)14-3-1-2-13(8-14)11-22/h1-10H/b15-9-. The minimum atomic E-state index is -0.473. The molecule has 3 rings (SSSR count). The summed E-state index contributed by atoms with van der Waals surface area (Å²) in [5.74, 6) is 0.959. The summed E-state index contributed by atoms with van der Waals surface area (Å²) < 4.78 is 6.30. The SMILES string of the molecule is N#C/C(=C/c1ccc(-c2ccc([N+](=O)[O-])cc2Br)o1)c1cccc(C#N)c1. The van der Waals surface area contributed by atoms with Crippen molar-refractivity contribution in [2.75, 3.05) is 0 Å². The Hall–Kier alpha value is -3.68. The third kappa shape index (κ3) is 3.95. The van der Waals surface area contributed by atoms with Gasteiger partial charge in [-0.05, 0) is 57.9 Å². The number of allylic oxidation sites excluding steroid dienone is 1. The van der Waals surface area contributed by atoms with E-state index in [0.717, 1.165) is 0 Å². The molecule has 0 aliphatic heterocycles. The van der Waals surface area contributed by atoms with E-state index < -0.39 is 4.92 Å². The maximum atomic E-state index is 10.8. The fourth-order valence-electron chi connectivity index (χ4n) is 2.47. The number of halogens is 1. The molecule has 0 radical (unpaired) electrons. The van der Waals surface area contributed by atoms with Gasteiger partial charge in [-0.25, -0.2) is 0 Å². The molecule has 0 bridgehead atoms. The summed E-state index contributed by atoms with van der Waals surface area (Å²) >= 11 is 3.32. The summed E-state index contributed by atoms with van der Waals surface area (Å²) in [5, 5.41) is 29.3. The van der Waals surface area contributed by atoms with Gasteiger partial charge in [0.05, 0.1) is 28.2 Å². The molecular formula is C20H10BrN3O3. The van der Waals surface area contributed by atoms with Gasteiger partial charge in [-0.2, -0.15) is 10.5 Å². The Labute approximate surface area is 162 Å². The molecule has 0 fully saturated rings. The first-order valence-electron chi connectivity index (χ1n) is 7.68. The number of nitro groups is 1. The van der Waals surface area contributed by atoms with Crippen molar-refractivity contribution in [2.45, 2.75) is 0 Å². The predicted octanol–water partition coefficient (Wildman–Crippen LogP) is 5.55. The van der Waals surface area contributed by atoms with E-state index in [1.54, 1.807) is 48.5 Å². The van der Waals surface area contributed by atoms with Gasteiger partial charge < -0.3 is 4.42 Å². The van der Waals surface area contributed by atoms with Crippen LogP contribution in [0.4, 0.5) is 5.69 Å². The van der Waals surface area contributed by atoms with Gasteiger partial charge in [0.1, 0.15) is 11.5 Å². The molecular weight excluding hydrogens is 410 g/mol. The van der Waals surface area contributed by atoms with Crippen LogP contribution in [0.2, 0.25) is 0 Å². The third-order valence-electron chi connectivity index (χ3n) is 3.77. The van der Waals surface area contributed by atoms with Gasteiger partial charge in [0.25, 0.3) is 5.69 Å². The highest BCUT2D eigenvalue weighted by Crippen LogP contribution is 2.33. The minimum Gasteiger partial charge on any atom is -0.457 e. The van der Waals surface area contributed by atoms with Crippen LogP contribution in [-0.2, 0) is 0 Å². The number of hydrogen-bond donors (Lipinski definition) is 0. The van der Waals surface area contributed by atoms with Crippen molar-refractivity contribution < 1.29 is 9.34 Å². The van der Waals surface area contributed by atoms with Crippen molar-refractivity contribution in [3.8, 4) is 23.5 Å². The van der Waals surface area contributed by atoms with E-state index >= 15 is 0 Å². The van der Waals surface area contributed by atoms with E-state index in [4.69, 9.17) is 9.68 Å². The fraction of sp³-hybridized carbons (Fsp3) is 0. The monoisotopic (exact) mass is 419 g/mol. The molecule has 0 amide bonds. The summed E-state index contributed by atoms with van der Waals surface area (Å²) in [4.78, 5) is 10.4. The molecule has 0 aliphatic rings. The smallest absolute Gasteiger partial charge is 0.270 e. The predicted molar refractivity (Wildman–Crippen MR) is 103 cm³/mol. The Bertz CT molecular complexity index is 1150. The quantitative estimate of drug-likeness (QED) is 0.313. The summed E-state index contributed by atoms with van der Waals surface area (Å²) in [7, 11) is 0. The van der Waals surface area contributed by atoms with Crippen LogP contribution in [0.1, 0.15) is 16.9 Å². The second-order valence-electron chi connectivity index (χ2n) is 5.49. The first-order chi connectivity index (χ1) is 13.0. The number of nitro benzene ring substituents is 1. The summed E-state index contributed by atoms with van der Waals surface area (Å²) in [5.41, 5.74) is 2.07. The van der Waals surface area contributed by atoms with E-state index in [1.165, 1.54) is 12.1 Å². The molecule has 0 unspecified atom stereocenters. The number of furan rings is 1. The maximum Gasteiger partial charge on any atom is 0.270 e. The van der Waals surface area contributed by atoms with Gasteiger partial charge in [0, 0.05) is 22.2 Å². The molecule has 0 atom stereocenters. The van der Waals surface area contributed by atoms with Gasteiger partial charge in [0.15, 0.2) is 0 Å². The summed E-state index contributed by atoms with van der Waals surface area (Å²) in [6.45, 7) is 0. The van der Waals surface area contributed by atoms with Crippen LogP contribution in [0.25, 0.3) is 23.0 Å². The minimum absolute atomic E-state index is 0.0264. The van der Waals surface area contributed by atoms with Crippen molar-refractivity contribution in [1.29, 1.82) is 10.5 Å². The van der Waals surface area contributed by atoms with Crippen molar-refractivity contribution in [3.05, 3.63) is 86.1 Å². The largest absolute Gasteiger partial charge is 0.457 e.